The van der Waals surface area contributed by atoms with Crippen LogP contribution in [0.4, 0.5) is 0 Å². The van der Waals surface area contributed by atoms with E-state index >= 15 is 0 Å². The first-order chi connectivity index (χ1) is 8.59. The largest absolute Gasteiger partial charge is 0.349 e. The highest BCUT2D eigenvalue weighted by atomic mass is 35.5. The summed E-state index contributed by atoms with van der Waals surface area (Å²) in [7, 11) is 0. The summed E-state index contributed by atoms with van der Waals surface area (Å²) < 4.78 is 0. The molecule has 0 heterocycles. The molecule has 18 heavy (non-hydrogen) atoms. The van der Waals surface area contributed by atoms with Crippen molar-refractivity contribution in [2.24, 2.45) is 5.92 Å². The van der Waals surface area contributed by atoms with E-state index in [0.717, 1.165) is 12.8 Å². The maximum absolute atomic E-state index is 12.2. The molecule has 3 unspecified atom stereocenters. The first-order valence-electron chi connectivity index (χ1n) is 6.52. The molecule has 3 heteroatoms. The molecule has 0 aliphatic heterocycles. The molecule has 0 aromatic heterocycles. The molecule has 1 fully saturated rings. The van der Waals surface area contributed by atoms with E-state index in [1.807, 2.05) is 32.0 Å². The number of amides is 1. The first-order valence-corrected chi connectivity index (χ1v) is 7.06. The summed E-state index contributed by atoms with van der Waals surface area (Å²) in [4.78, 5) is 12.2. The van der Waals surface area contributed by atoms with Gasteiger partial charge >= 0.3 is 0 Å². The Morgan fingerprint density at radius 2 is 2.11 bits per heavy atom. The van der Waals surface area contributed by atoms with Crippen LogP contribution in [-0.4, -0.2) is 17.3 Å². The number of benzene rings is 1. The minimum absolute atomic E-state index is 0.126. The van der Waals surface area contributed by atoms with Crippen LogP contribution in [0.15, 0.2) is 30.3 Å². The zero-order valence-electron chi connectivity index (χ0n) is 10.9. The minimum Gasteiger partial charge on any atom is -0.349 e. The third kappa shape index (κ3) is 2.86. The number of nitrogens with one attached hydrogen (secondary N) is 1. The molecule has 1 aliphatic rings. The fourth-order valence-corrected chi connectivity index (χ4v) is 2.42. The third-order valence-electron chi connectivity index (χ3n) is 3.86. The van der Waals surface area contributed by atoms with Crippen LogP contribution in [0.3, 0.4) is 0 Å². The van der Waals surface area contributed by atoms with Gasteiger partial charge in [0, 0.05) is 11.8 Å². The Kier molecular flexibility index (Phi) is 3.96. The SMILES string of the molecule is CCC(C)(CCl)NC(=O)C1CC1c1ccccc1. The summed E-state index contributed by atoms with van der Waals surface area (Å²) in [6.07, 6.45) is 1.81. The molecule has 1 aromatic rings. The van der Waals surface area contributed by atoms with Gasteiger partial charge in [0.15, 0.2) is 0 Å². The van der Waals surface area contributed by atoms with Gasteiger partial charge < -0.3 is 5.32 Å². The second kappa shape index (κ2) is 5.31. The fourth-order valence-electron chi connectivity index (χ4n) is 2.16. The van der Waals surface area contributed by atoms with Crippen molar-refractivity contribution < 1.29 is 4.79 Å². The zero-order chi connectivity index (χ0) is 13.2. The van der Waals surface area contributed by atoms with E-state index in [0.29, 0.717) is 11.8 Å². The average Bonchev–Trinajstić information content (AvgIpc) is 3.20. The van der Waals surface area contributed by atoms with Crippen molar-refractivity contribution in [2.45, 2.75) is 38.1 Å². The molecule has 2 nitrogen and oxygen atoms in total. The average molecular weight is 266 g/mol. The van der Waals surface area contributed by atoms with Crippen LogP contribution < -0.4 is 5.32 Å². The molecular formula is C15H20ClNO. The summed E-state index contributed by atoms with van der Waals surface area (Å²) in [6, 6.07) is 10.2. The van der Waals surface area contributed by atoms with E-state index in [-0.39, 0.29) is 17.4 Å². The number of hydrogen-bond acceptors (Lipinski definition) is 1. The van der Waals surface area contributed by atoms with Gasteiger partial charge in [-0.1, -0.05) is 37.3 Å². The molecule has 98 valence electrons. The van der Waals surface area contributed by atoms with Crippen molar-refractivity contribution in [2.75, 3.05) is 5.88 Å². The maximum atomic E-state index is 12.2. The normalized spacial score (nSPS) is 25.3. The minimum atomic E-state index is -0.275. The summed E-state index contributed by atoms with van der Waals surface area (Å²) in [5, 5.41) is 3.08. The molecule has 1 saturated carbocycles. The molecule has 0 radical (unpaired) electrons. The van der Waals surface area contributed by atoms with E-state index in [1.165, 1.54) is 5.56 Å². The van der Waals surface area contributed by atoms with Crippen molar-refractivity contribution >= 4 is 17.5 Å². The number of carbonyl (C=O) groups excluding carboxylic acids is 1. The number of hydrogen-bond donors (Lipinski definition) is 1. The predicted molar refractivity (Wildman–Crippen MR) is 74.8 cm³/mol. The van der Waals surface area contributed by atoms with Gasteiger partial charge in [0.05, 0.1) is 5.54 Å². The lowest BCUT2D eigenvalue weighted by molar-refractivity contribution is -0.124. The number of halogens is 1. The van der Waals surface area contributed by atoms with E-state index in [2.05, 4.69) is 17.4 Å². The summed E-state index contributed by atoms with van der Waals surface area (Å²) >= 11 is 5.92. The van der Waals surface area contributed by atoms with Gasteiger partial charge in [-0.25, -0.2) is 0 Å². The van der Waals surface area contributed by atoms with Gasteiger partial charge in [-0.15, -0.1) is 11.6 Å². The van der Waals surface area contributed by atoms with Crippen LogP contribution in [0, 0.1) is 5.92 Å². The van der Waals surface area contributed by atoms with Crippen molar-refractivity contribution in [3.8, 4) is 0 Å². The van der Waals surface area contributed by atoms with Crippen molar-refractivity contribution in [1.29, 1.82) is 0 Å². The Hall–Kier alpha value is -1.02. The van der Waals surface area contributed by atoms with E-state index in [9.17, 15) is 4.79 Å². The first kappa shape index (κ1) is 13.4. The van der Waals surface area contributed by atoms with Gasteiger partial charge in [-0.3, -0.25) is 4.79 Å². The number of carbonyl (C=O) groups is 1. The second-order valence-corrected chi connectivity index (χ2v) is 5.66. The molecule has 1 aliphatic carbocycles. The molecule has 1 amide bonds. The van der Waals surface area contributed by atoms with E-state index in [4.69, 9.17) is 11.6 Å². The van der Waals surface area contributed by atoms with Crippen LogP contribution in [0.1, 0.15) is 38.2 Å². The molecule has 2 rings (SSSR count). The molecule has 0 saturated heterocycles. The van der Waals surface area contributed by atoms with Crippen LogP contribution >= 0.6 is 11.6 Å². The molecular weight excluding hydrogens is 246 g/mol. The highest BCUT2D eigenvalue weighted by Crippen LogP contribution is 2.47. The Bertz CT molecular complexity index is 414. The maximum Gasteiger partial charge on any atom is 0.224 e. The van der Waals surface area contributed by atoms with Gasteiger partial charge in [-0.05, 0) is 31.2 Å². The van der Waals surface area contributed by atoms with Crippen LogP contribution in [0.2, 0.25) is 0 Å². The van der Waals surface area contributed by atoms with Gasteiger partial charge in [-0.2, -0.15) is 0 Å². The quantitative estimate of drug-likeness (QED) is 0.813. The fraction of sp³-hybridized carbons (Fsp3) is 0.533. The van der Waals surface area contributed by atoms with Crippen LogP contribution in [-0.2, 0) is 4.79 Å². The molecule has 1 N–H and O–H groups in total. The Balaban J connectivity index is 1.94. The predicted octanol–water partition coefficient (Wildman–Crippen LogP) is 3.31. The van der Waals surface area contributed by atoms with E-state index in [1.54, 1.807) is 0 Å². The zero-order valence-corrected chi connectivity index (χ0v) is 11.7. The topological polar surface area (TPSA) is 29.1 Å². The highest BCUT2D eigenvalue weighted by Gasteiger charge is 2.45. The Labute approximate surface area is 114 Å². The summed E-state index contributed by atoms with van der Waals surface area (Å²) in [5.74, 6) is 1.12. The van der Waals surface area contributed by atoms with Crippen LogP contribution in [0.25, 0.3) is 0 Å². The third-order valence-corrected chi connectivity index (χ3v) is 4.45. The summed E-state index contributed by atoms with van der Waals surface area (Å²) in [6.45, 7) is 4.04. The lowest BCUT2D eigenvalue weighted by Crippen LogP contribution is -2.47. The van der Waals surface area contributed by atoms with Gasteiger partial charge in [0.25, 0.3) is 0 Å². The van der Waals surface area contributed by atoms with Crippen molar-refractivity contribution in [3.05, 3.63) is 35.9 Å². The van der Waals surface area contributed by atoms with E-state index < -0.39 is 0 Å². The molecule has 0 spiro atoms. The Morgan fingerprint density at radius 1 is 1.44 bits per heavy atom. The van der Waals surface area contributed by atoms with Crippen LogP contribution in [0.5, 0.6) is 0 Å². The van der Waals surface area contributed by atoms with Gasteiger partial charge in [0.2, 0.25) is 5.91 Å². The monoisotopic (exact) mass is 265 g/mol. The van der Waals surface area contributed by atoms with Crippen molar-refractivity contribution in [3.63, 3.8) is 0 Å². The molecule has 0 bridgehead atoms. The number of alkyl halides is 1. The lowest BCUT2D eigenvalue weighted by Gasteiger charge is -2.27. The lowest BCUT2D eigenvalue weighted by atomic mass is 10.0. The van der Waals surface area contributed by atoms with Gasteiger partial charge in [0.1, 0.15) is 0 Å². The Morgan fingerprint density at radius 3 is 2.67 bits per heavy atom. The second-order valence-electron chi connectivity index (χ2n) is 5.40. The smallest absolute Gasteiger partial charge is 0.224 e. The molecule has 3 atom stereocenters. The molecule has 1 aromatic carbocycles. The number of rotatable bonds is 5. The highest BCUT2D eigenvalue weighted by molar-refractivity contribution is 6.18. The van der Waals surface area contributed by atoms with Crippen molar-refractivity contribution in [1.82, 2.24) is 5.32 Å². The summed E-state index contributed by atoms with van der Waals surface area (Å²) in [5.41, 5.74) is 0.990. The standard InChI is InChI=1S/C15H20ClNO/c1-3-15(2,10-16)17-14(18)13-9-12(13)11-7-5-4-6-8-11/h4-8,12-13H,3,9-10H2,1-2H3,(H,17,18).